The van der Waals surface area contributed by atoms with Crippen LogP contribution >= 0.6 is 11.6 Å². The summed E-state index contributed by atoms with van der Waals surface area (Å²) >= 11 is 5.67. The van der Waals surface area contributed by atoms with Gasteiger partial charge in [0.15, 0.2) is 0 Å². The van der Waals surface area contributed by atoms with Gasteiger partial charge in [-0.25, -0.2) is 8.42 Å². The lowest BCUT2D eigenvalue weighted by molar-refractivity contribution is -0.139. The fourth-order valence-corrected chi connectivity index (χ4v) is 4.51. The molecule has 0 saturated carbocycles. The number of rotatable bonds is 11. The van der Waals surface area contributed by atoms with E-state index in [4.69, 9.17) is 16.3 Å². The average Bonchev–Trinajstić information content (AvgIpc) is 2.83. The molecule has 8 nitrogen and oxygen atoms in total. The first-order chi connectivity index (χ1) is 17.2. The number of nitrogens with one attached hydrogen (secondary N) is 1. The average molecular weight is 564 g/mol. The summed E-state index contributed by atoms with van der Waals surface area (Å²) in [4.78, 5) is 27.3. The van der Waals surface area contributed by atoms with Gasteiger partial charge in [0, 0.05) is 13.1 Å². The lowest BCUT2D eigenvalue weighted by atomic mass is 10.1. The Morgan fingerprint density at radius 1 is 1.16 bits per heavy atom. The molecule has 0 saturated heterocycles. The highest BCUT2D eigenvalue weighted by atomic mass is 35.5. The first-order valence-electron chi connectivity index (χ1n) is 11.2. The van der Waals surface area contributed by atoms with E-state index in [0.29, 0.717) is 34.7 Å². The van der Waals surface area contributed by atoms with E-state index in [-0.39, 0.29) is 6.54 Å². The number of hydrogen-bond acceptors (Lipinski definition) is 5. The van der Waals surface area contributed by atoms with Crippen LogP contribution in [0.25, 0.3) is 0 Å². The Balaban J connectivity index is 2.47. The molecule has 2 amide bonds. The van der Waals surface area contributed by atoms with Crippen molar-refractivity contribution in [3.8, 4) is 5.75 Å². The van der Waals surface area contributed by atoms with Crippen LogP contribution in [0.4, 0.5) is 18.9 Å². The van der Waals surface area contributed by atoms with Crippen molar-refractivity contribution in [1.29, 1.82) is 0 Å². The zero-order chi connectivity index (χ0) is 28.0. The topological polar surface area (TPSA) is 96.0 Å². The van der Waals surface area contributed by atoms with Crippen molar-refractivity contribution in [2.45, 2.75) is 39.0 Å². The number of sulfonamides is 1. The summed E-state index contributed by atoms with van der Waals surface area (Å²) in [6, 6.07) is 8.28. The Morgan fingerprint density at radius 2 is 1.84 bits per heavy atom. The highest BCUT2D eigenvalue weighted by Gasteiger charge is 2.35. The van der Waals surface area contributed by atoms with Gasteiger partial charge < -0.3 is 15.0 Å². The van der Waals surface area contributed by atoms with E-state index in [1.807, 2.05) is 6.92 Å². The molecule has 2 aromatic rings. The Bertz CT molecular complexity index is 1220. The summed E-state index contributed by atoms with van der Waals surface area (Å²) in [5, 5.41) is 2.08. The highest BCUT2D eigenvalue weighted by molar-refractivity contribution is 7.92. The molecule has 0 unspecified atom stereocenters. The number of benzene rings is 2. The van der Waals surface area contributed by atoms with Gasteiger partial charge in [0.05, 0.1) is 29.6 Å². The summed E-state index contributed by atoms with van der Waals surface area (Å²) in [5.41, 5.74) is -1.04. The smallest absolute Gasteiger partial charge is 0.417 e. The van der Waals surface area contributed by atoms with Crippen molar-refractivity contribution < 1.29 is 35.9 Å². The van der Waals surface area contributed by atoms with E-state index < -0.39 is 56.9 Å². The van der Waals surface area contributed by atoms with Gasteiger partial charge in [-0.1, -0.05) is 30.7 Å². The third-order valence-electron chi connectivity index (χ3n) is 5.43. The standard InChI is InChI=1S/C24H29ClF3N3O5S/c1-5-11-29-23(33)16(2)30(14-17-7-6-8-19(12-17)36-3)22(32)15-31(37(4,34)35)18-9-10-21(25)20(13-18)24(26,27)28/h6-10,12-13,16H,5,11,14-15H2,1-4H3,(H,29,33)/t16-/m1/s1. The van der Waals surface area contributed by atoms with Crippen LogP contribution < -0.4 is 14.4 Å². The summed E-state index contributed by atoms with van der Waals surface area (Å²) in [6.07, 6.45) is -3.42. The molecule has 204 valence electrons. The summed E-state index contributed by atoms with van der Waals surface area (Å²) in [6.45, 7) is 2.79. The van der Waals surface area contributed by atoms with Crippen molar-refractivity contribution in [3.63, 3.8) is 0 Å². The van der Waals surface area contributed by atoms with Crippen LogP contribution in [0.5, 0.6) is 5.75 Å². The van der Waals surface area contributed by atoms with Gasteiger partial charge >= 0.3 is 6.18 Å². The number of carbonyl (C=O) groups is 2. The Labute approximate surface area is 219 Å². The molecule has 0 heterocycles. The van der Waals surface area contributed by atoms with Crippen LogP contribution in [-0.4, -0.2) is 57.6 Å². The number of halogens is 4. The van der Waals surface area contributed by atoms with Crippen LogP contribution in [0.2, 0.25) is 5.02 Å². The lowest BCUT2D eigenvalue weighted by Crippen LogP contribution is -2.51. The number of nitrogens with zero attached hydrogens (tertiary/aromatic N) is 2. The lowest BCUT2D eigenvalue weighted by Gasteiger charge is -2.31. The van der Waals surface area contributed by atoms with Crippen LogP contribution in [-0.2, 0) is 32.3 Å². The van der Waals surface area contributed by atoms with Crippen molar-refractivity contribution in [3.05, 3.63) is 58.6 Å². The second-order valence-electron chi connectivity index (χ2n) is 8.27. The van der Waals surface area contributed by atoms with Gasteiger partial charge in [0.25, 0.3) is 0 Å². The van der Waals surface area contributed by atoms with E-state index in [1.165, 1.54) is 18.9 Å². The molecule has 0 aliphatic rings. The number of ether oxygens (including phenoxy) is 1. The van der Waals surface area contributed by atoms with Crippen molar-refractivity contribution in [1.82, 2.24) is 10.2 Å². The highest BCUT2D eigenvalue weighted by Crippen LogP contribution is 2.37. The molecule has 0 aliphatic heterocycles. The molecule has 1 N–H and O–H groups in total. The molecule has 2 rings (SSSR count). The Kier molecular flexibility index (Phi) is 10.2. The maximum absolute atomic E-state index is 13.5. The van der Waals surface area contributed by atoms with Crippen molar-refractivity contribution in [2.75, 3.05) is 30.8 Å². The van der Waals surface area contributed by atoms with E-state index in [9.17, 15) is 31.2 Å². The minimum absolute atomic E-state index is 0.0806. The first kappa shape index (κ1) is 30.2. The van der Waals surface area contributed by atoms with E-state index in [1.54, 1.807) is 24.3 Å². The van der Waals surface area contributed by atoms with Crippen LogP contribution in [0.15, 0.2) is 42.5 Å². The molecule has 0 aromatic heterocycles. The quantitative estimate of drug-likeness (QED) is 0.444. The van der Waals surface area contributed by atoms with E-state index in [2.05, 4.69) is 5.32 Å². The number of anilines is 1. The largest absolute Gasteiger partial charge is 0.497 e. The fourth-order valence-electron chi connectivity index (χ4n) is 3.45. The van der Waals surface area contributed by atoms with Crippen molar-refractivity contribution >= 4 is 39.1 Å². The number of methoxy groups -OCH3 is 1. The summed E-state index contributed by atoms with van der Waals surface area (Å²) in [5.74, 6) is -0.752. The van der Waals surface area contributed by atoms with Crippen LogP contribution in [0, 0.1) is 0 Å². The van der Waals surface area contributed by atoms with Gasteiger partial charge in [-0.3, -0.25) is 13.9 Å². The van der Waals surface area contributed by atoms with Gasteiger partial charge in [0.2, 0.25) is 21.8 Å². The molecule has 0 radical (unpaired) electrons. The zero-order valence-electron chi connectivity index (χ0n) is 20.8. The van der Waals surface area contributed by atoms with Crippen molar-refractivity contribution in [2.24, 2.45) is 0 Å². The maximum Gasteiger partial charge on any atom is 0.417 e. The minimum atomic E-state index is -4.84. The molecule has 37 heavy (non-hydrogen) atoms. The molecule has 2 aromatic carbocycles. The predicted molar refractivity (Wildman–Crippen MR) is 135 cm³/mol. The predicted octanol–water partition coefficient (Wildman–Crippen LogP) is 4.08. The summed E-state index contributed by atoms with van der Waals surface area (Å²) in [7, 11) is -2.74. The zero-order valence-corrected chi connectivity index (χ0v) is 22.4. The molecule has 0 spiro atoms. The van der Waals surface area contributed by atoms with E-state index in [0.717, 1.165) is 18.4 Å². The Hall–Kier alpha value is -2.99. The first-order valence-corrected chi connectivity index (χ1v) is 13.5. The molecular weight excluding hydrogens is 535 g/mol. The number of carbonyl (C=O) groups excluding carboxylic acids is 2. The van der Waals surface area contributed by atoms with Gasteiger partial charge in [-0.05, 0) is 49.2 Å². The van der Waals surface area contributed by atoms with Crippen LogP contribution in [0.1, 0.15) is 31.4 Å². The molecule has 0 bridgehead atoms. The third-order valence-corrected chi connectivity index (χ3v) is 6.90. The van der Waals surface area contributed by atoms with E-state index >= 15 is 0 Å². The third kappa shape index (κ3) is 8.26. The van der Waals surface area contributed by atoms with Gasteiger partial charge in [-0.15, -0.1) is 0 Å². The maximum atomic E-state index is 13.5. The molecular formula is C24H29ClF3N3O5S. The minimum Gasteiger partial charge on any atom is -0.497 e. The Morgan fingerprint density at radius 3 is 2.41 bits per heavy atom. The van der Waals surface area contributed by atoms with Gasteiger partial charge in [-0.2, -0.15) is 13.2 Å². The number of alkyl halides is 3. The monoisotopic (exact) mass is 563 g/mol. The fraction of sp³-hybridized carbons (Fsp3) is 0.417. The normalized spacial score (nSPS) is 12.5. The van der Waals surface area contributed by atoms with Gasteiger partial charge in [0.1, 0.15) is 18.3 Å². The molecule has 0 aliphatic carbocycles. The second-order valence-corrected chi connectivity index (χ2v) is 10.6. The number of amides is 2. The number of hydrogen-bond donors (Lipinski definition) is 1. The molecule has 0 fully saturated rings. The van der Waals surface area contributed by atoms with Crippen LogP contribution in [0.3, 0.4) is 0 Å². The SMILES string of the molecule is CCCNC(=O)[C@@H](C)N(Cc1cccc(OC)c1)C(=O)CN(c1ccc(Cl)c(C(F)(F)F)c1)S(C)(=O)=O. The second kappa shape index (κ2) is 12.5. The molecule has 13 heteroatoms. The summed E-state index contributed by atoms with van der Waals surface area (Å²) < 4.78 is 71.1. The molecule has 1 atom stereocenters.